The van der Waals surface area contributed by atoms with Crippen LogP contribution in [-0.4, -0.2) is 4.40 Å². The van der Waals surface area contributed by atoms with Crippen molar-refractivity contribution < 1.29 is 0 Å². The molecule has 0 aliphatic carbocycles. The summed E-state index contributed by atoms with van der Waals surface area (Å²) in [6.07, 6.45) is 8.26. The SMILES string of the molecule is C=C/C=C(\C=C/C)c1cc(-c2ccccc2)cc(N(c2cccc3sc4ccccc4c23)c2cccc3c4cccc5c6ccccc6n(c23)c54)c1. The molecular formula is C49H34N2S. The Morgan fingerprint density at radius 3 is 2.08 bits per heavy atom. The lowest BCUT2D eigenvalue weighted by molar-refractivity contribution is 1.28. The third-order valence-electron chi connectivity index (χ3n) is 10.3. The second-order valence-electron chi connectivity index (χ2n) is 13.3. The molecule has 0 unspecified atom stereocenters. The van der Waals surface area contributed by atoms with Crippen LogP contribution in [0.15, 0.2) is 183 Å². The molecule has 0 bridgehead atoms. The van der Waals surface area contributed by atoms with Gasteiger partial charge in [0.15, 0.2) is 0 Å². The van der Waals surface area contributed by atoms with Crippen LogP contribution in [0.25, 0.3) is 75.0 Å². The lowest BCUT2D eigenvalue weighted by Gasteiger charge is -2.28. The molecule has 246 valence electrons. The number of hydrogen-bond donors (Lipinski definition) is 0. The zero-order valence-corrected chi connectivity index (χ0v) is 29.6. The molecule has 0 aliphatic heterocycles. The van der Waals surface area contributed by atoms with Crippen molar-refractivity contribution in [3.8, 4) is 11.1 Å². The fraction of sp³-hybridized carbons (Fsp3) is 0.0204. The van der Waals surface area contributed by atoms with Gasteiger partial charge in [0.25, 0.3) is 0 Å². The van der Waals surface area contributed by atoms with Gasteiger partial charge in [-0.2, -0.15) is 0 Å². The molecule has 3 heterocycles. The van der Waals surface area contributed by atoms with E-state index in [1.165, 1.54) is 63.8 Å². The van der Waals surface area contributed by atoms with E-state index in [-0.39, 0.29) is 0 Å². The van der Waals surface area contributed by atoms with Gasteiger partial charge in [-0.15, -0.1) is 11.3 Å². The number of thiophene rings is 1. The number of anilines is 3. The first-order valence-electron chi connectivity index (χ1n) is 17.8. The first-order chi connectivity index (χ1) is 25.7. The van der Waals surface area contributed by atoms with Crippen molar-refractivity contribution in [1.29, 1.82) is 0 Å². The monoisotopic (exact) mass is 682 g/mol. The Morgan fingerprint density at radius 2 is 1.25 bits per heavy atom. The average molecular weight is 683 g/mol. The van der Waals surface area contributed by atoms with E-state index in [1.54, 1.807) is 0 Å². The lowest BCUT2D eigenvalue weighted by atomic mass is 9.96. The van der Waals surface area contributed by atoms with E-state index in [1.807, 2.05) is 17.4 Å². The maximum atomic E-state index is 4.07. The Labute approximate surface area is 306 Å². The molecule has 3 heteroatoms. The van der Waals surface area contributed by atoms with Crippen molar-refractivity contribution in [2.24, 2.45) is 0 Å². The van der Waals surface area contributed by atoms with Crippen molar-refractivity contribution in [3.05, 3.63) is 188 Å². The molecular weight excluding hydrogens is 649 g/mol. The molecule has 10 aromatic rings. The number of fused-ring (bicyclic) bond motifs is 9. The summed E-state index contributed by atoms with van der Waals surface area (Å²) in [5, 5.41) is 7.61. The van der Waals surface area contributed by atoms with E-state index >= 15 is 0 Å². The van der Waals surface area contributed by atoms with E-state index in [9.17, 15) is 0 Å². The van der Waals surface area contributed by atoms with Gasteiger partial charge in [0.2, 0.25) is 0 Å². The van der Waals surface area contributed by atoms with E-state index in [4.69, 9.17) is 0 Å². The van der Waals surface area contributed by atoms with Gasteiger partial charge in [-0.05, 0) is 77.7 Å². The second kappa shape index (κ2) is 12.1. The van der Waals surface area contributed by atoms with Gasteiger partial charge in [0, 0.05) is 47.4 Å². The van der Waals surface area contributed by atoms with E-state index < -0.39 is 0 Å². The molecule has 0 aliphatic rings. The highest BCUT2D eigenvalue weighted by Crippen LogP contribution is 2.50. The summed E-state index contributed by atoms with van der Waals surface area (Å²) in [4.78, 5) is 2.52. The van der Waals surface area contributed by atoms with Crippen molar-refractivity contribution in [2.45, 2.75) is 6.92 Å². The van der Waals surface area contributed by atoms with Gasteiger partial charge in [-0.25, -0.2) is 0 Å². The largest absolute Gasteiger partial charge is 0.308 e. The molecule has 0 spiro atoms. The zero-order chi connectivity index (χ0) is 34.8. The molecule has 0 saturated heterocycles. The highest BCUT2D eigenvalue weighted by Gasteiger charge is 2.25. The number of allylic oxidation sites excluding steroid dienone is 5. The first-order valence-corrected chi connectivity index (χ1v) is 18.6. The van der Waals surface area contributed by atoms with Gasteiger partial charge >= 0.3 is 0 Å². The highest BCUT2D eigenvalue weighted by molar-refractivity contribution is 7.26. The molecule has 0 radical (unpaired) electrons. The predicted molar refractivity (Wildman–Crippen MR) is 227 cm³/mol. The number of nitrogens with zero attached hydrogens (tertiary/aromatic N) is 2. The molecule has 0 N–H and O–H groups in total. The van der Waals surface area contributed by atoms with Crippen molar-refractivity contribution in [2.75, 3.05) is 4.90 Å². The smallest absolute Gasteiger partial charge is 0.0782 e. The maximum Gasteiger partial charge on any atom is 0.0782 e. The first kappa shape index (κ1) is 30.4. The summed E-state index contributed by atoms with van der Waals surface area (Å²) in [5.74, 6) is 0. The third-order valence-corrected chi connectivity index (χ3v) is 11.5. The van der Waals surface area contributed by atoms with Crippen molar-refractivity contribution >= 4 is 92.2 Å². The molecule has 0 atom stereocenters. The van der Waals surface area contributed by atoms with Crippen LogP contribution in [0.1, 0.15) is 12.5 Å². The molecule has 0 amide bonds. The van der Waals surface area contributed by atoms with Gasteiger partial charge in [0.1, 0.15) is 0 Å². The Balaban J connectivity index is 1.38. The van der Waals surface area contributed by atoms with Crippen LogP contribution in [0.3, 0.4) is 0 Å². The summed E-state index contributed by atoms with van der Waals surface area (Å²) in [5.41, 5.74) is 11.7. The molecule has 10 rings (SSSR count). The normalized spacial score (nSPS) is 12.4. The number of para-hydroxylation sites is 3. The van der Waals surface area contributed by atoms with Crippen LogP contribution in [0.2, 0.25) is 0 Å². The van der Waals surface area contributed by atoms with Crippen LogP contribution < -0.4 is 4.90 Å². The second-order valence-corrected chi connectivity index (χ2v) is 14.4. The Kier molecular flexibility index (Phi) is 7.09. The highest BCUT2D eigenvalue weighted by atomic mass is 32.1. The summed E-state index contributed by atoms with van der Waals surface area (Å²) in [6, 6.07) is 55.7. The molecule has 0 saturated carbocycles. The minimum Gasteiger partial charge on any atom is -0.308 e. The van der Waals surface area contributed by atoms with Crippen LogP contribution in [0, 0.1) is 0 Å². The molecule has 7 aromatic carbocycles. The predicted octanol–water partition coefficient (Wildman–Crippen LogP) is 14.5. The number of aromatic nitrogens is 1. The van der Waals surface area contributed by atoms with Crippen molar-refractivity contribution in [3.63, 3.8) is 0 Å². The van der Waals surface area contributed by atoms with E-state index in [2.05, 4.69) is 193 Å². The Bertz CT molecular complexity index is 3050. The quantitative estimate of drug-likeness (QED) is 0.152. The molecule has 3 aromatic heterocycles. The van der Waals surface area contributed by atoms with Gasteiger partial charge < -0.3 is 9.30 Å². The summed E-state index contributed by atoms with van der Waals surface area (Å²) < 4.78 is 5.07. The van der Waals surface area contributed by atoms with Crippen LogP contribution in [0.5, 0.6) is 0 Å². The molecule has 2 nitrogen and oxygen atoms in total. The number of benzene rings is 7. The number of rotatable bonds is 7. The van der Waals surface area contributed by atoms with Gasteiger partial charge in [-0.3, -0.25) is 0 Å². The van der Waals surface area contributed by atoms with Gasteiger partial charge in [-0.1, -0.05) is 134 Å². The average Bonchev–Trinajstić information content (AvgIpc) is 3.86. The Morgan fingerprint density at radius 1 is 0.596 bits per heavy atom. The van der Waals surface area contributed by atoms with Gasteiger partial charge in [0.05, 0.1) is 27.9 Å². The lowest BCUT2D eigenvalue weighted by Crippen LogP contribution is -2.12. The van der Waals surface area contributed by atoms with E-state index in [0.717, 1.165) is 33.8 Å². The molecule has 0 fully saturated rings. The topological polar surface area (TPSA) is 7.65 Å². The van der Waals surface area contributed by atoms with Crippen LogP contribution in [-0.2, 0) is 0 Å². The summed E-state index contributed by atoms with van der Waals surface area (Å²) >= 11 is 1.86. The van der Waals surface area contributed by atoms with E-state index in [0.29, 0.717) is 0 Å². The minimum absolute atomic E-state index is 1.09. The standard InChI is InChI=1S/C49H34N2S/c1-3-15-32(16-4-2)34-29-35(33-17-6-5-7-18-33)31-36(30-34)50(43-25-14-28-46-47(43)41-20-9-11-27-45(41)52-46)44-26-13-23-40-39-22-12-21-38-37-19-8-10-24-42(37)51(48(38)39)49(40)44/h3-31H,1H2,2H3/b16-4-,32-15+. The zero-order valence-electron chi connectivity index (χ0n) is 28.8. The summed E-state index contributed by atoms with van der Waals surface area (Å²) in [7, 11) is 0. The summed E-state index contributed by atoms with van der Waals surface area (Å²) in [6.45, 7) is 6.14. The fourth-order valence-corrected chi connectivity index (χ4v) is 9.37. The van der Waals surface area contributed by atoms with Crippen molar-refractivity contribution in [1.82, 2.24) is 4.40 Å². The maximum absolute atomic E-state index is 4.07. The number of hydrogen-bond acceptors (Lipinski definition) is 2. The molecule has 52 heavy (non-hydrogen) atoms. The Hall–Kier alpha value is -6.42. The van der Waals surface area contributed by atoms with Crippen LogP contribution >= 0.6 is 11.3 Å². The minimum atomic E-state index is 1.09. The van der Waals surface area contributed by atoms with Crippen LogP contribution in [0.4, 0.5) is 17.1 Å². The fourth-order valence-electron chi connectivity index (χ4n) is 8.24. The third kappa shape index (κ3) is 4.56.